The van der Waals surface area contributed by atoms with Crippen LogP contribution in [0.2, 0.25) is 5.02 Å². The first-order chi connectivity index (χ1) is 23.3. The fourth-order valence-corrected chi connectivity index (χ4v) is 8.19. The number of halogens is 2. The van der Waals surface area contributed by atoms with Gasteiger partial charge >= 0.3 is 12.0 Å². The van der Waals surface area contributed by atoms with Gasteiger partial charge in [-0.25, -0.2) is 4.39 Å². The largest absolute Gasteiger partial charge is 0.461 e. The number of amides is 1. The number of anilines is 1. The fraction of sp³-hybridized carbons (Fsp3) is 0.429. The third-order valence-corrected chi connectivity index (χ3v) is 10.6. The molecule has 246 valence electrons. The SMILES string of the molecule is N#CCC1CN(c2nc(OCC34CCCN3CCC4)nc3c(F)c(-c4cccc5cccc(Cl)c45)ncc23)CCN1C(=O)C1CC(=O)O1. The van der Waals surface area contributed by atoms with Crippen LogP contribution in [0.25, 0.3) is 32.9 Å². The molecule has 2 aromatic heterocycles. The van der Waals surface area contributed by atoms with E-state index in [1.54, 1.807) is 23.2 Å². The number of hydrogen-bond acceptors (Lipinski definition) is 10. The molecule has 4 fully saturated rings. The van der Waals surface area contributed by atoms with E-state index in [-0.39, 0.29) is 54.6 Å². The maximum atomic E-state index is 16.8. The van der Waals surface area contributed by atoms with E-state index in [0.29, 0.717) is 40.3 Å². The van der Waals surface area contributed by atoms with Gasteiger partial charge in [0.05, 0.1) is 35.9 Å². The molecule has 4 aliphatic heterocycles. The van der Waals surface area contributed by atoms with Gasteiger partial charge in [-0.1, -0.05) is 41.9 Å². The van der Waals surface area contributed by atoms with E-state index in [4.69, 9.17) is 26.1 Å². The molecular formula is C35H33ClFN7O4. The van der Waals surface area contributed by atoms with Crippen LogP contribution >= 0.6 is 11.6 Å². The third kappa shape index (κ3) is 5.16. The maximum Gasteiger partial charge on any atom is 0.319 e. The second kappa shape index (κ2) is 12.1. The van der Waals surface area contributed by atoms with E-state index in [1.807, 2.05) is 29.2 Å². The van der Waals surface area contributed by atoms with Gasteiger partial charge in [-0.05, 0) is 50.2 Å². The number of esters is 1. The molecule has 0 radical (unpaired) electrons. The van der Waals surface area contributed by atoms with Crippen molar-refractivity contribution in [2.45, 2.75) is 56.2 Å². The molecule has 6 heterocycles. The molecular weight excluding hydrogens is 637 g/mol. The number of piperazine rings is 1. The van der Waals surface area contributed by atoms with Gasteiger partial charge in [0.25, 0.3) is 5.91 Å². The highest BCUT2D eigenvalue weighted by molar-refractivity contribution is 6.36. The van der Waals surface area contributed by atoms with Crippen LogP contribution in [0.15, 0.2) is 42.6 Å². The molecule has 4 saturated heterocycles. The summed E-state index contributed by atoms with van der Waals surface area (Å²) in [5.74, 6) is -0.930. The minimum Gasteiger partial charge on any atom is -0.461 e. The summed E-state index contributed by atoms with van der Waals surface area (Å²) in [5.41, 5.74) is 0.646. The number of aromatic nitrogens is 3. The van der Waals surface area contributed by atoms with Gasteiger partial charge in [0.15, 0.2) is 11.9 Å². The average molecular weight is 670 g/mol. The smallest absolute Gasteiger partial charge is 0.319 e. The molecule has 2 unspecified atom stereocenters. The third-order valence-electron chi connectivity index (χ3n) is 10.3. The zero-order chi connectivity index (χ0) is 33.0. The van der Waals surface area contributed by atoms with Crippen LogP contribution in [0, 0.1) is 17.1 Å². The fourth-order valence-electron chi connectivity index (χ4n) is 7.91. The second-order valence-corrected chi connectivity index (χ2v) is 13.4. The second-order valence-electron chi connectivity index (χ2n) is 13.0. The van der Waals surface area contributed by atoms with E-state index in [1.165, 1.54) is 0 Å². The molecule has 0 N–H and O–H groups in total. The number of hydrogen-bond donors (Lipinski definition) is 0. The van der Waals surface area contributed by atoms with Gasteiger partial charge < -0.3 is 19.3 Å². The number of carbonyl (C=O) groups is 2. The van der Waals surface area contributed by atoms with E-state index >= 15 is 4.39 Å². The highest BCUT2D eigenvalue weighted by atomic mass is 35.5. The average Bonchev–Trinajstić information content (AvgIpc) is 3.67. The van der Waals surface area contributed by atoms with Gasteiger partial charge in [-0.3, -0.25) is 19.5 Å². The summed E-state index contributed by atoms with van der Waals surface area (Å²) >= 11 is 6.61. The predicted molar refractivity (Wildman–Crippen MR) is 176 cm³/mol. The minimum atomic E-state index is -0.825. The molecule has 0 spiro atoms. The molecule has 0 bridgehead atoms. The van der Waals surface area contributed by atoms with Gasteiger partial charge in [-0.2, -0.15) is 15.2 Å². The molecule has 1 amide bonds. The van der Waals surface area contributed by atoms with E-state index in [2.05, 4.69) is 20.9 Å². The Kier molecular flexibility index (Phi) is 7.76. The number of cyclic esters (lactones) is 1. The number of pyridine rings is 1. The molecule has 13 heteroatoms. The quantitative estimate of drug-likeness (QED) is 0.251. The van der Waals surface area contributed by atoms with Gasteiger partial charge in [0, 0.05) is 41.8 Å². The summed E-state index contributed by atoms with van der Waals surface area (Å²) in [4.78, 5) is 44.6. The Bertz CT molecular complexity index is 1980. The van der Waals surface area contributed by atoms with Crippen LogP contribution < -0.4 is 9.64 Å². The van der Waals surface area contributed by atoms with Crippen molar-refractivity contribution in [2.75, 3.05) is 44.2 Å². The Morgan fingerprint density at radius 1 is 1.12 bits per heavy atom. The first-order valence-corrected chi connectivity index (χ1v) is 16.8. The summed E-state index contributed by atoms with van der Waals surface area (Å²) in [6.07, 6.45) is 5.10. The summed E-state index contributed by atoms with van der Waals surface area (Å²) < 4.78 is 28.2. The van der Waals surface area contributed by atoms with Crippen LogP contribution in [0.4, 0.5) is 10.2 Å². The standard InChI is InChI=1S/C35H33ClFN7O4/c36-25-8-2-6-21-5-1-7-23(28(21)25)30-29(37)31-24(18-39-30)32(41-34(40-31)47-20-35-10-3-13-43(35)14-4-11-35)42-15-16-44(22(19-42)9-12-38)33(46)26-17-27(45)48-26/h1-2,5-8,18,22,26H,3-4,9-11,13-17,19-20H2. The van der Waals surface area contributed by atoms with Gasteiger partial charge in [0.2, 0.25) is 0 Å². The topological polar surface area (TPSA) is 125 Å². The van der Waals surface area contributed by atoms with Crippen LogP contribution in [0.3, 0.4) is 0 Å². The monoisotopic (exact) mass is 669 g/mol. The Hall–Kier alpha value is -4.60. The lowest BCUT2D eigenvalue weighted by atomic mass is 9.95. The number of nitriles is 1. The molecule has 0 saturated carbocycles. The number of nitrogens with zero attached hydrogens (tertiary/aromatic N) is 7. The van der Waals surface area contributed by atoms with Crippen molar-refractivity contribution in [3.05, 3.63) is 53.4 Å². The number of rotatable bonds is 7. The lowest BCUT2D eigenvalue weighted by Crippen LogP contribution is -2.59. The molecule has 2 aromatic carbocycles. The van der Waals surface area contributed by atoms with Crippen molar-refractivity contribution >= 4 is 51.0 Å². The molecule has 8 rings (SSSR count). The molecule has 4 aliphatic rings. The van der Waals surface area contributed by atoms with Crippen LogP contribution in [0.1, 0.15) is 38.5 Å². The van der Waals surface area contributed by atoms with E-state index in [9.17, 15) is 14.9 Å². The first-order valence-electron chi connectivity index (χ1n) is 16.4. The molecule has 2 atom stereocenters. The zero-order valence-electron chi connectivity index (χ0n) is 26.2. The number of ether oxygens (including phenoxy) is 2. The van der Waals surface area contributed by atoms with Crippen molar-refractivity contribution in [2.24, 2.45) is 0 Å². The Morgan fingerprint density at radius 3 is 2.65 bits per heavy atom. The number of fused-ring (bicyclic) bond motifs is 3. The molecule has 0 aliphatic carbocycles. The number of benzene rings is 2. The summed E-state index contributed by atoms with van der Waals surface area (Å²) in [6, 6.07) is 12.8. The zero-order valence-corrected chi connectivity index (χ0v) is 27.0. The van der Waals surface area contributed by atoms with Crippen molar-refractivity contribution in [1.82, 2.24) is 24.8 Å². The maximum absolute atomic E-state index is 16.8. The van der Waals surface area contributed by atoms with E-state index < -0.39 is 23.9 Å². The Morgan fingerprint density at radius 2 is 1.90 bits per heavy atom. The summed E-state index contributed by atoms with van der Waals surface area (Å²) in [5, 5.41) is 12.1. The molecule has 4 aromatic rings. The van der Waals surface area contributed by atoms with Gasteiger partial charge in [0.1, 0.15) is 23.6 Å². The van der Waals surface area contributed by atoms with Crippen LogP contribution in [0.5, 0.6) is 6.01 Å². The Balaban J connectivity index is 1.20. The van der Waals surface area contributed by atoms with Crippen molar-refractivity contribution in [1.29, 1.82) is 5.26 Å². The lowest BCUT2D eigenvalue weighted by molar-refractivity contribution is -0.180. The molecule has 48 heavy (non-hydrogen) atoms. The summed E-state index contributed by atoms with van der Waals surface area (Å²) in [6.45, 7) is 3.34. The first kappa shape index (κ1) is 30.7. The normalized spacial score (nSPS) is 22.0. The predicted octanol–water partition coefficient (Wildman–Crippen LogP) is 4.89. The van der Waals surface area contributed by atoms with Gasteiger partial charge in [-0.15, -0.1) is 0 Å². The minimum absolute atomic E-state index is 0.0314. The molecule has 11 nitrogen and oxygen atoms in total. The lowest BCUT2D eigenvalue weighted by Gasteiger charge is -2.43. The highest BCUT2D eigenvalue weighted by Crippen LogP contribution is 2.40. The van der Waals surface area contributed by atoms with Crippen LogP contribution in [-0.2, 0) is 14.3 Å². The van der Waals surface area contributed by atoms with Crippen LogP contribution in [-0.4, -0.2) is 93.6 Å². The van der Waals surface area contributed by atoms with Crippen molar-refractivity contribution in [3.63, 3.8) is 0 Å². The Labute approximate surface area is 281 Å². The number of carbonyl (C=O) groups excluding carboxylic acids is 2. The highest BCUT2D eigenvalue weighted by Gasteiger charge is 2.45. The van der Waals surface area contributed by atoms with Crippen molar-refractivity contribution < 1.29 is 23.5 Å². The van der Waals surface area contributed by atoms with Crippen molar-refractivity contribution in [3.8, 4) is 23.3 Å². The summed E-state index contributed by atoms with van der Waals surface area (Å²) in [7, 11) is 0. The van der Waals surface area contributed by atoms with E-state index in [0.717, 1.165) is 44.2 Å².